The first-order valence-electron chi connectivity index (χ1n) is 25.4. The number of likely N-dealkylation sites (tertiary alicyclic amines) is 2. The maximum Gasteiger partial charge on any atom is 0.326 e. The van der Waals surface area contributed by atoms with Crippen molar-refractivity contribution in [3.63, 3.8) is 0 Å². The Hall–Kier alpha value is -7.78. The second kappa shape index (κ2) is 30.6. The normalized spacial score (nSPS) is 18.2. The summed E-state index contributed by atoms with van der Waals surface area (Å²) < 4.78 is 0. The highest BCUT2D eigenvalue weighted by Gasteiger charge is 2.44. The summed E-state index contributed by atoms with van der Waals surface area (Å²) in [5.74, 6) is -8.82. The van der Waals surface area contributed by atoms with Crippen molar-refractivity contribution in [1.29, 1.82) is 0 Å². The number of hydrogen-bond acceptors (Lipinski definition) is 14. The predicted octanol–water partition coefficient (Wildman–Crippen LogP) is -4.30. The Bertz CT molecular complexity index is 2270. The molecule has 2 aliphatic heterocycles. The van der Waals surface area contributed by atoms with E-state index in [2.05, 4.69) is 41.9 Å². The molecule has 0 spiro atoms. The third-order valence-electron chi connectivity index (χ3n) is 13.1. The summed E-state index contributed by atoms with van der Waals surface area (Å²) in [4.78, 5) is 145. The van der Waals surface area contributed by atoms with Crippen molar-refractivity contribution in [3.05, 3.63) is 29.8 Å². The van der Waals surface area contributed by atoms with Gasteiger partial charge in [-0.15, -0.1) is 0 Å². The molecular weight excluding hydrogens is 993 g/mol. The predicted molar refractivity (Wildman–Crippen MR) is 278 cm³/mol. The molecule has 28 heteroatoms. The van der Waals surface area contributed by atoms with Crippen LogP contribution < -0.4 is 66.3 Å². The highest BCUT2D eigenvalue weighted by Crippen LogP contribution is 2.26. The van der Waals surface area contributed by atoms with Crippen molar-refractivity contribution in [1.82, 2.24) is 41.7 Å². The number of carbonyl (C=O) groups is 10. The molecule has 2 saturated heterocycles. The van der Waals surface area contributed by atoms with Gasteiger partial charge in [-0.3, -0.25) is 53.1 Å². The molecule has 3 rings (SSSR count). The zero-order valence-corrected chi connectivity index (χ0v) is 43.6. The molecule has 0 aromatic heterocycles. The van der Waals surface area contributed by atoms with E-state index in [4.69, 9.17) is 34.4 Å². The Kier molecular flexibility index (Phi) is 25.1. The van der Waals surface area contributed by atoms with Gasteiger partial charge in [0, 0.05) is 39.0 Å². The van der Waals surface area contributed by atoms with Gasteiger partial charge in [0.05, 0.1) is 6.04 Å². The van der Waals surface area contributed by atoms with E-state index in [0.29, 0.717) is 24.8 Å². The van der Waals surface area contributed by atoms with Crippen LogP contribution in [0.1, 0.15) is 104 Å². The monoisotopic (exact) mass is 1070 g/mol. The highest BCUT2D eigenvalue weighted by molar-refractivity contribution is 5.98. The number of nitrogens with two attached hydrogens (primary N) is 6. The van der Waals surface area contributed by atoms with Crippen molar-refractivity contribution in [3.8, 4) is 5.75 Å². The average Bonchev–Trinajstić information content (AvgIpc) is 4.07. The number of phenols is 1. The second-order valence-corrected chi connectivity index (χ2v) is 19.1. The average molecular weight is 1070 g/mol. The van der Waals surface area contributed by atoms with E-state index >= 15 is 0 Å². The summed E-state index contributed by atoms with van der Waals surface area (Å²) >= 11 is 0. The van der Waals surface area contributed by atoms with Crippen LogP contribution in [0, 0.1) is 5.92 Å². The molecule has 1 aromatic carbocycles. The van der Waals surface area contributed by atoms with Gasteiger partial charge in [-0.1, -0.05) is 32.4 Å². The molecule has 10 atom stereocenters. The minimum absolute atomic E-state index is 0.0341. The molecule has 9 amide bonds. The lowest BCUT2D eigenvalue weighted by atomic mass is 9.96. The molecule has 0 saturated carbocycles. The van der Waals surface area contributed by atoms with Crippen LogP contribution in [0.15, 0.2) is 34.3 Å². The first kappa shape index (κ1) is 62.5. The first-order chi connectivity index (χ1) is 35.8. The molecule has 76 heavy (non-hydrogen) atoms. The van der Waals surface area contributed by atoms with E-state index < -0.39 is 119 Å². The second-order valence-electron chi connectivity index (χ2n) is 19.1. The smallest absolute Gasteiger partial charge is 0.326 e. The summed E-state index contributed by atoms with van der Waals surface area (Å²) in [6.07, 6.45) is 1.39. The number of phenolic OH excluding ortho intramolecular Hbond substituents is 1. The fourth-order valence-electron chi connectivity index (χ4n) is 8.60. The standard InChI is InChI=1S/C48H78N16O12/c1-5-25(2)37(43(72)61-33(46(75)76)24-28-14-16-29(65)17-15-28)62-41(70)31(11-7-21-56-48(53)54)58-39(68)27(4)57-40(69)30(10-6-20-55-47(51)52)59-42(71)34-12-8-22-63(34)45(74)35-13-9-23-64(35)44(73)32(18-19-36(50)66)60-38(67)26(3)49/h14-17,25-27,30-35,37,65H,5-13,18-24,49H2,1-4H3,(H2,50,66)(H,57,69)(H,58,68)(H,59,71)(H,60,67)(H,61,72)(H,62,70)(H,75,76)(H4,51,52,55)(H4,53,54,56)/t25-,26-,27-,30-,31-,32-,33-,34-,35-,37-/m0/s1. The van der Waals surface area contributed by atoms with E-state index in [0.717, 1.165) is 0 Å². The van der Waals surface area contributed by atoms with Crippen LogP contribution in [0.3, 0.4) is 0 Å². The number of nitrogens with zero attached hydrogens (tertiary/aromatic N) is 4. The number of carboxylic acids is 1. The van der Waals surface area contributed by atoms with Gasteiger partial charge in [-0.2, -0.15) is 0 Å². The summed E-state index contributed by atoms with van der Waals surface area (Å²) in [6, 6.07) is -5.18. The van der Waals surface area contributed by atoms with E-state index in [1.807, 2.05) is 0 Å². The molecule has 0 radical (unpaired) electrons. The van der Waals surface area contributed by atoms with E-state index in [1.165, 1.54) is 47.9 Å². The van der Waals surface area contributed by atoms with E-state index in [1.54, 1.807) is 13.8 Å². The molecule has 2 heterocycles. The largest absolute Gasteiger partial charge is 0.508 e. The molecule has 422 valence electrons. The number of hydrogen-bond donors (Lipinski definition) is 14. The number of primary amides is 1. The van der Waals surface area contributed by atoms with Gasteiger partial charge in [-0.25, -0.2) is 4.79 Å². The Morgan fingerprint density at radius 2 is 1.17 bits per heavy atom. The van der Waals surface area contributed by atoms with Crippen molar-refractivity contribution in [2.45, 2.75) is 159 Å². The van der Waals surface area contributed by atoms with Crippen LogP contribution in [-0.2, 0) is 54.4 Å². The molecule has 20 N–H and O–H groups in total. The van der Waals surface area contributed by atoms with Crippen molar-refractivity contribution in [2.75, 3.05) is 26.2 Å². The third-order valence-corrected chi connectivity index (χ3v) is 13.1. The number of aliphatic imine (C=N–C) groups is 2. The quantitative estimate of drug-likeness (QED) is 0.0197. The van der Waals surface area contributed by atoms with Crippen LogP contribution in [0.2, 0.25) is 0 Å². The third kappa shape index (κ3) is 19.8. The fraction of sp³-hybridized carbons (Fsp3) is 0.625. The number of carboxylic acid groups (broad SMARTS) is 1. The number of aromatic hydroxyl groups is 1. The van der Waals surface area contributed by atoms with Crippen LogP contribution in [-0.4, -0.2) is 172 Å². The lowest BCUT2D eigenvalue weighted by Crippen LogP contribution is -2.60. The minimum Gasteiger partial charge on any atom is -0.508 e. The van der Waals surface area contributed by atoms with Crippen molar-refractivity contribution >= 4 is 71.1 Å². The zero-order chi connectivity index (χ0) is 56.8. The summed E-state index contributed by atoms with van der Waals surface area (Å²) in [5, 5.41) is 35.2. The maximum absolute atomic E-state index is 14.3. The number of rotatable bonds is 30. The number of benzene rings is 1. The molecule has 28 nitrogen and oxygen atoms in total. The van der Waals surface area contributed by atoms with Gasteiger partial charge < -0.3 is 86.3 Å². The van der Waals surface area contributed by atoms with Crippen LogP contribution in [0.5, 0.6) is 5.75 Å². The number of nitrogens with one attached hydrogen (secondary N) is 6. The lowest BCUT2D eigenvalue weighted by Gasteiger charge is -2.33. The van der Waals surface area contributed by atoms with Gasteiger partial charge in [0.1, 0.15) is 54.1 Å². The molecule has 0 unspecified atom stereocenters. The molecule has 2 aliphatic rings. The molecular formula is C48H78N16O12. The maximum atomic E-state index is 14.3. The first-order valence-corrected chi connectivity index (χ1v) is 25.4. The fourth-order valence-corrected chi connectivity index (χ4v) is 8.60. The Labute approximate surface area is 441 Å². The van der Waals surface area contributed by atoms with Gasteiger partial charge in [0.15, 0.2) is 11.9 Å². The lowest BCUT2D eigenvalue weighted by molar-refractivity contribution is -0.148. The summed E-state index contributed by atoms with van der Waals surface area (Å²) in [5.41, 5.74) is 33.5. The highest BCUT2D eigenvalue weighted by atomic mass is 16.4. The van der Waals surface area contributed by atoms with E-state index in [9.17, 15) is 58.2 Å². The Balaban J connectivity index is 1.81. The number of amides is 9. The molecule has 1 aromatic rings. The van der Waals surface area contributed by atoms with Crippen LogP contribution in [0.25, 0.3) is 0 Å². The van der Waals surface area contributed by atoms with Gasteiger partial charge in [0.25, 0.3) is 0 Å². The number of carbonyl (C=O) groups excluding carboxylic acids is 9. The van der Waals surface area contributed by atoms with E-state index in [-0.39, 0.29) is 102 Å². The van der Waals surface area contributed by atoms with Crippen molar-refractivity contribution < 1.29 is 58.2 Å². The van der Waals surface area contributed by atoms with Gasteiger partial charge in [-0.05, 0) is 95.2 Å². The summed E-state index contributed by atoms with van der Waals surface area (Å²) in [7, 11) is 0. The molecule has 2 fully saturated rings. The Morgan fingerprint density at radius 1 is 0.645 bits per heavy atom. The van der Waals surface area contributed by atoms with Gasteiger partial charge in [0.2, 0.25) is 53.2 Å². The SMILES string of the molecule is CC[C@H](C)[C@H](NC(=O)[C@H](CCCN=C(N)N)NC(=O)[C@H](C)NC(=O)[C@H](CCCN=C(N)N)NC(=O)[C@@H]1CCCN1C(=O)[C@@H]1CCCN1C(=O)[C@H](CCC(N)=O)NC(=O)[C@H](C)N)C(=O)N[C@@H](Cc1ccc(O)cc1)C(=O)O. The minimum atomic E-state index is -1.41. The topological polar surface area (TPSA) is 471 Å². The number of guanidine groups is 2. The number of aliphatic carboxylic acids is 1. The van der Waals surface area contributed by atoms with Crippen LogP contribution in [0.4, 0.5) is 0 Å². The molecule has 0 bridgehead atoms. The van der Waals surface area contributed by atoms with Crippen LogP contribution >= 0.6 is 0 Å². The summed E-state index contributed by atoms with van der Waals surface area (Å²) in [6.45, 7) is 6.60. The van der Waals surface area contributed by atoms with Gasteiger partial charge >= 0.3 is 5.97 Å². The Morgan fingerprint density at radius 3 is 1.71 bits per heavy atom. The zero-order valence-electron chi connectivity index (χ0n) is 43.6. The van der Waals surface area contributed by atoms with Crippen molar-refractivity contribution in [2.24, 2.45) is 50.3 Å². The molecule has 0 aliphatic carbocycles.